The van der Waals surface area contributed by atoms with Crippen LogP contribution in [0.15, 0.2) is 4.99 Å². The number of hydrogen-bond donors (Lipinski definition) is 2. The molecule has 0 aromatic carbocycles. The average Bonchev–Trinajstić information content (AvgIpc) is 2.21. The van der Waals surface area contributed by atoms with Crippen LogP contribution in [0.25, 0.3) is 0 Å². The molecule has 15 heavy (non-hydrogen) atoms. The van der Waals surface area contributed by atoms with Crippen LogP contribution in [0, 0.1) is 0 Å². The Balaban J connectivity index is 4.30. The summed E-state index contributed by atoms with van der Waals surface area (Å²) in [6.45, 7) is 6.26. The maximum Gasteiger partial charge on any atom is 0.208 e. The predicted octanol–water partition coefficient (Wildman–Crippen LogP) is 1.29. The molecule has 0 fully saturated rings. The van der Waals surface area contributed by atoms with Crippen LogP contribution in [-0.4, -0.2) is 42.0 Å². The van der Waals surface area contributed by atoms with Gasteiger partial charge in [-0.15, -0.1) is 0 Å². The molecule has 4 nitrogen and oxygen atoms in total. The largest absolute Gasteiger partial charge is 0.342 e. The van der Waals surface area contributed by atoms with Crippen molar-refractivity contribution in [1.29, 1.82) is 0 Å². The Morgan fingerprint density at radius 1 is 1.47 bits per heavy atom. The minimum absolute atomic E-state index is 0.256. The third kappa shape index (κ3) is 5.89. The number of nitrogens with two attached hydrogens (primary N) is 1. The lowest BCUT2D eigenvalue weighted by atomic mass is 10.2. The number of thioether (sulfide) groups is 1. The molecule has 0 aromatic rings. The van der Waals surface area contributed by atoms with Gasteiger partial charge in [0.2, 0.25) is 5.96 Å². The zero-order valence-corrected chi connectivity index (χ0v) is 11.3. The molecule has 0 amide bonds. The summed E-state index contributed by atoms with van der Waals surface area (Å²) >= 11 is 1.86. The van der Waals surface area contributed by atoms with Crippen molar-refractivity contribution in [3.05, 3.63) is 0 Å². The molecule has 0 aliphatic rings. The molecule has 1 unspecified atom stereocenters. The number of rotatable bonds is 5. The van der Waals surface area contributed by atoms with Gasteiger partial charge in [-0.2, -0.15) is 11.8 Å². The van der Waals surface area contributed by atoms with Gasteiger partial charge in [-0.3, -0.25) is 5.43 Å². The van der Waals surface area contributed by atoms with E-state index in [-0.39, 0.29) is 6.04 Å². The second-order valence-corrected chi connectivity index (χ2v) is 4.92. The zero-order chi connectivity index (χ0) is 11.8. The maximum absolute atomic E-state index is 5.46. The van der Waals surface area contributed by atoms with E-state index >= 15 is 0 Å². The Kier molecular flexibility index (Phi) is 7.60. The van der Waals surface area contributed by atoms with E-state index in [9.17, 15) is 0 Å². The number of aliphatic imine (C=N–C) groups is 1. The maximum atomic E-state index is 5.46. The van der Waals surface area contributed by atoms with E-state index in [2.05, 4.69) is 28.5 Å². The number of nitrogens with one attached hydrogen (secondary N) is 1. The summed E-state index contributed by atoms with van der Waals surface area (Å²) in [6, 6.07) is 0.706. The minimum atomic E-state index is 0.256. The van der Waals surface area contributed by atoms with Crippen molar-refractivity contribution in [3.8, 4) is 0 Å². The quantitative estimate of drug-likeness (QED) is 0.324. The number of nitrogens with zero attached hydrogens (tertiary/aromatic N) is 2. The molecule has 3 N–H and O–H groups in total. The van der Waals surface area contributed by atoms with Crippen LogP contribution in [0.2, 0.25) is 0 Å². The molecule has 0 rings (SSSR count). The predicted molar refractivity (Wildman–Crippen MR) is 70.1 cm³/mol. The lowest BCUT2D eigenvalue weighted by Gasteiger charge is -2.27. The highest BCUT2D eigenvalue weighted by Crippen LogP contribution is 2.06. The molecule has 0 aliphatic carbocycles. The summed E-state index contributed by atoms with van der Waals surface area (Å²) in [6.07, 6.45) is 3.26. The van der Waals surface area contributed by atoms with E-state index in [1.807, 2.05) is 32.7 Å². The lowest BCUT2D eigenvalue weighted by Crippen LogP contribution is -2.47. The number of guanidine groups is 1. The molecule has 0 aliphatic heterocycles. The van der Waals surface area contributed by atoms with E-state index < -0.39 is 0 Å². The van der Waals surface area contributed by atoms with Crippen molar-refractivity contribution in [1.82, 2.24) is 10.3 Å². The van der Waals surface area contributed by atoms with Gasteiger partial charge in [0.15, 0.2) is 0 Å². The molecule has 5 heteroatoms. The minimum Gasteiger partial charge on any atom is -0.342 e. The molecule has 0 aromatic heterocycles. The van der Waals surface area contributed by atoms with E-state index in [1.54, 1.807) is 0 Å². The first-order valence-electron chi connectivity index (χ1n) is 5.29. The molecule has 0 saturated heterocycles. The monoisotopic (exact) mass is 232 g/mol. The smallest absolute Gasteiger partial charge is 0.208 e. The van der Waals surface area contributed by atoms with Gasteiger partial charge in [0, 0.05) is 19.1 Å². The lowest BCUT2D eigenvalue weighted by molar-refractivity contribution is 0.368. The second-order valence-electron chi connectivity index (χ2n) is 3.93. The fourth-order valence-corrected chi connectivity index (χ4v) is 1.74. The van der Waals surface area contributed by atoms with Gasteiger partial charge in [0.25, 0.3) is 0 Å². The highest BCUT2D eigenvalue weighted by molar-refractivity contribution is 7.98. The summed E-state index contributed by atoms with van der Waals surface area (Å²) in [4.78, 5) is 6.52. The van der Waals surface area contributed by atoms with Gasteiger partial charge in [-0.05, 0) is 39.2 Å². The van der Waals surface area contributed by atoms with Gasteiger partial charge < -0.3 is 4.90 Å². The highest BCUT2D eigenvalue weighted by atomic mass is 32.2. The Morgan fingerprint density at radius 3 is 2.47 bits per heavy atom. The van der Waals surface area contributed by atoms with Crippen molar-refractivity contribution in [2.45, 2.75) is 39.3 Å². The van der Waals surface area contributed by atoms with Gasteiger partial charge in [-0.1, -0.05) is 0 Å². The fourth-order valence-electron chi connectivity index (χ4n) is 1.17. The summed E-state index contributed by atoms with van der Waals surface area (Å²) in [5.41, 5.74) is 2.66. The molecule has 0 bridgehead atoms. The second kappa shape index (κ2) is 7.82. The third-order valence-electron chi connectivity index (χ3n) is 2.24. The van der Waals surface area contributed by atoms with Crippen LogP contribution in [0.4, 0.5) is 0 Å². The first kappa shape index (κ1) is 14.6. The Hall–Kier alpha value is -0.420. The van der Waals surface area contributed by atoms with Crippen LogP contribution in [0.5, 0.6) is 0 Å². The molecule has 1 atom stereocenters. The Morgan fingerprint density at radius 2 is 2.07 bits per heavy atom. The van der Waals surface area contributed by atoms with Crippen LogP contribution in [0.3, 0.4) is 0 Å². The van der Waals surface area contributed by atoms with Crippen molar-refractivity contribution in [2.24, 2.45) is 10.8 Å². The topological polar surface area (TPSA) is 53.6 Å². The van der Waals surface area contributed by atoms with Crippen LogP contribution >= 0.6 is 11.8 Å². The molecular weight excluding hydrogens is 208 g/mol. The molecule has 0 heterocycles. The summed E-state index contributed by atoms with van der Waals surface area (Å²) in [5.74, 6) is 7.38. The van der Waals surface area contributed by atoms with Gasteiger partial charge >= 0.3 is 0 Å². The fraction of sp³-hybridized carbons (Fsp3) is 0.900. The van der Waals surface area contributed by atoms with Crippen molar-refractivity contribution < 1.29 is 0 Å². The van der Waals surface area contributed by atoms with E-state index in [0.29, 0.717) is 6.04 Å². The third-order valence-corrected chi connectivity index (χ3v) is 2.89. The van der Waals surface area contributed by atoms with Gasteiger partial charge in [0.05, 0.1) is 0 Å². The van der Waals surface area contributed by atoms with Crippen molar-refractivity contribution in [2.75, 3.05) is 19.1 Å². The van der Waals surface area contributed by atoms with E-state index in [0.717, 1.165) is 18.1 Å². The normalized spacial score (nSPS) is 14.2. The van der Waals surface area contributed by atoms with E-state index in [1.165, 1.54) is 0 Å². The zero-order valence-electron chi connectivity index (χ0n) is 10.4. The Labute approximate surface area is 97.7 Å². The molecular formula is C10H24N4S. The molecule has 90 valence electrons. The summed E-state index contributed by atoms with van der Waals surface area (Å²) in [7, 11) is 2.02. The molecule has 0 saturated carbocycles. The summed E-state index contributed by atoms with van der Waals surface area (Å²) < 4.78 is 0. The van der Waals surface area contributed by atoms with Crippen molar-refractivity contribution in [3.63, 3.8) is 0 Å². The molecule has 0 spiro atoms. The van der Waals surface area contributed by atoms with Crippen LogP contribution < -0.4 is 11.3 Å². The number of hydrazine groups is 1. The highest BCUT2D eigenvalue weighted by Gasteiger charge is 2.12. The standard InChI is InChI=1S/C10H24N4S/c1-8(2)12-10(13-11)14(4)9(3)6-7-15-5/h8-9H,6-7,11H2,1-5H3,(H,12,13). The first-order valence-corrected chi connectivity index (χ1v) is 6.68. The first-order chi connectivity index (χ1) is 7.02. The summed E-state index contributed by atoms with van der Waals surface area (Å²) in [5, 5.41) is 0. The van der Waals surface area contributed by atoms with Crippen LogP contribution in [-0.2, 0) is 0 Å². The van der Waals surface area contributed by atoms with Gasteiger partial charge in [0.1, 0.15) is 0 Å². The Bertz CT molecular complexity index is 194. The van der Waals surface area contributed by atoms with Gasteiger partial charge in [-0.25, -0.2) is 10.8 Å². The number of hydrogen-bond acceptors (Lipinski definition) is 3. The molecule has 0 radical (unpaired) electrons. The van der Waals surface area contributed by atoms with E-state index in [4.69, 9.17) is 5.84 Å². The SMILES string of the molecule is CSCCC(C)N(C)C(=NC(C)C)NN. The van der Waals surface area contributed by atoms with Crippen LogP contribution in [0.1, 0.15) is 27.2 Å². The average molecular weight is 232 g/mol. The van der Waals surface area contributed by atoms with Crippen molar-refractivity contribution >= 4 is 17.7 Å².